The molecule has 2 aromatic rings. The van der Waals surface area contributed by atoms with Crippen molar-refractivity contribution in [1.82, 2.24) is 5.32 Å². The van der Waals surface area contributed by atoms with Crippen LogP contribution >= 0.6 is 34.8 Å². The van der Waals surface area contributed by atoms with Crippen LogP contribution in [0.5, 0.6) is 5.75 Å². The van der Waals surface area contributed by atoms with Crippen LogP contribution in [0.4, 0.5) is 13.2 Å². The number of alkyl halides is 3. The number of carbonyl (C=O) groups excluding carboxylic acids is 1. The zero-order valence-electron chi connectivity index (χ0n) is 15.3. The molecule has 2 aromatic carbocycles. The summed E-state index contributed by atoms with van der Waals surface area (Å²) in [5.74, 6) is -0.934. The average molecular weight is 480 g/mol. The Hall–Kier alpha value is -1.98. The van der Waals surface area contributed by atoms with Gasteiger partial charge in [-0.1, -0.05) is 46.9 Å². The van der Waals surface area contributed by atoms with E-state index in [9.17, 15) is 23.1 Å². The summed E-state index contributed by atoms with van der Waals surface area (Å²) in [6.07, 6.45) is -5.24. The smallest absolute Gasteiger partial charge is 0.407 e. The zero-order chi connectivity index (χ0) is 22.5. The fraction of sp³-hybridized carbons (Fsp3) is 0.300. The van der Waals surface area contributed by atoms with Gasteiger partial charge < -0.3 is 5.11 Å². The molecular formula is C20H16Cl3F3N2O2. The van der Waals surface area contributed by atoms with Gasteiger partial charge in [-0.3, -0.25) is 10.1 Å². The Balaban J connectivity index is 2.38. The van der Waals surface area contributed by atoms with E-state index in [4.69, 9.17) is 40.1 Å². The van der Waals surface area contributed by atoms with Gasteiger partial charge in [-0.05, 0) is 41.8 Å². The summed E-state index contributed by atoms with van der Waals surface area (Å²) in [5.41, 5.74) is 0.231. The molecule has 0 unspecified atom stereocenters. The van der Waals surface area contributed by atoms with Crippen molar-refractivity contribution in [1.29, 1.82) is 5.26 Å². The lowest BCUT2D eigenvalue weighted by molar-refractivity contribution is -0.160. The summed E-state index contributed by atoms with van der Waals surface area (Å²) in [6, 6.07) is 6.10. The lowest BCUT2D eigenvalue weighted by Gasteiger charge is -2.27. The molecule has 160 valence electrons. The van der Waals surface area contributed by atoms with E-state index in [0.29, 0.717) is 5.56 Å². The zero-order valence-corrected chi connectivity index (χ0v) is 17.6. The second-order valence-corrected chi connectivity index (χ2v) is 7.73. The van der Waals surface area contributed by atoms with Crippen LogP contribution in [0.1, 0.15) is 30.0 Å². The molecule has 0 saturated carbocycles. The van der Waals surface area contributed by atoms with Crippen LogP contribution in [0.2, 0.25) is 15.1 Å². The number of Topliss-reactive ketones (excluding diaryl/α,β-unsaturated/α-hetero) is 1. The molecule has 0 spiro atoms. The van der Waals surface area contributed by atoms with E-state index >= 15 is 0 Å². The van der Waals surface area contributed by atoms with Crippen LogP contribution in [-0.4, -0.2) is 23.1 Å². The fourth-order valence-electron chi connectivity index (χ4n) is 2.83. The normalized spacial score (nSPS) is 13.5. The van der Waals surface area contributed by atoms with Crippen LogP contribution in [0.15, 0.2) is 36.4 Å². The van der Waals surface area contributed by atoms with Gasteiger partial charge in [0.1, 0.15) is 6.04 Å². The highest BCUT2D eigenvalue weighted by atomic mass is 35.5. The van der Waals surface area contributed by atoms with Crippen molar-refractivity contribution in [3.05, 3.63) is 62.6 Å². The topological polar surface area (TPSA) is 73.1 Å². The third kappa shape index (κ3) is 6.51. The van der Waals surface area contributed by atoms with Crippen molar-refractivity contribution < 1.29 is 23.1 Å². The summed E-state index contributed by atoms with van der Waals surface area (Å²) >= 11 is 17.5. The third-order valence-electron chi connectivity index (χ3n) is 4.29. The lowest BCUT2D eigenvalue weighted by atomic mass is 9.97. The Morgan fingerprint density at radius 2 is 1.70 bits per heavy atom. The van der Waals surface area contributed by atoms with E-state index in [1.807, 2.05) is 0 Å². The predicted octanol–water partition coefficient (Wildman–Crippen LogP) is 6.03. The first-order chi connectivity index (χ1) is 14.0. The molecule has 0 aliphatic rings. The highest BCUT2D eigenvalue weighted by molar-refractivity contribution is 6.37. The Kier molecular flexibility index (Phi) is 8.39. The fourth-order valence-corrected chi connectivity index (χ4v) is 3.48. The molecule has 0 aliphatic heterocycles. The van der Waals surface area contributed by atoms with Crippen molar-refractivity contribution in [2.75, 3.05) is 0 Å². The average Bonchev–Trinajstić information content (AvgIpc) is 2.67. The maximum atomic E-state index is 13.8. The number of halogens is 6. The monoisotopic (exact) mass is 478 g/mol. The van der Waals surface area contributed by atoms with E-state index in [1.165, 1.54) is 36.4 Å². The number of carbonyl (C=O) groups is 1. The second-order valence-electron chi connectivity index (χ2n) is 6.48. The number of hydrogen-bond acceptors (Lipinski definition) is 4. The molecule has 0 aliphatic carbocycles. The molecule has 0 radical (unpaired) electrons. The molecule has 0 amide bonds. The van der Waals surface area contributed by atoms with Crippen molar-refractivity contribution in [3.63, 3.8) is 0 Å². The number of nitrogens with zero attached hydrogens (tertiary/aromatic N) is 1. The number of benzene rings is 2. The molecule has 2 N–H and O–H groups in total. The number of ketones is 1. The largest absolute Gasteiger partial charge is 0.505 e. The Labute approximate surface area is 186 Å². The van der Waals surface area contributed by atoms with Crippen LogP contribution < -0.4 is 5.32 Å². The minimum absolute atomic E-state index is 0.0919. The maximum Gasteiger partial charge on any atom is 0.407 e. The summed E-state index contributed by atoms with van der Waals surface area (Å²) in [7, 11) is 0. The van der Waals surface area contributed by atoms with Gasteiger partial charge in [0.15, 0.2) is 11.5 Å². The quantitative estimate of drug-likeness (QED) is 0.485. The molecule has 4 nitrogen and oxygen atoms in total. The van der Waals surface area contributed by atoms with Gasteiger partial charge in [-0.15, -0.1) is 0 Å². The number of rotatable bonds is 8. The summed E-state index contributed by atoms with van der Waals surface area (Å²) in [4.78, 5) is 12.6. The van der Waals surface area contributed by atoms with Gasteiger partial charge >= 0.3 is 6.18 Å². The Bertz CT molecular complexity index is 921. The van der Waals surface area contributed by atoms with Crippen LogP contribution in [-0.2, 0) is 11.2 Å². The van der Waals surface area contributed by atoms with Gasteiger partial charge in [-0.2, -0.15) is 18.4 Å². The maximum absolute atomic E-state index is 13.8. The van der Waals surface area contributed by atoms with Gasteiger partial charge in [0.2, 0.25) is 0 Å². The standard InChI is InChI=1S/C20H16Cl3F3N2O2/c21-13-5-3-12(4-6-13)19(20(24,25)26)28-16(17(29)2-1-7-27)10-11-8-14(22)18(30)15(23)9-11/h3-6,8-9,16,19,28,30H,1-2,10H2/t16-,19-/m0/s1. The van der Waals surface area contributed by atoms with Crippen molar-refractivity contribution in [2.24, 2.45) is 0 Å². The minimum atomic E-state index is -4.70. The summed E-state index contributed by atoms with van der Waals surface area (Å²) < 4.78 is 41.3. The summed E-state index contributed by atoms with van der Waals surface area (Å²) in [5, 5.41) is 20.9. The van der Waals surface area contributed by atoms with Crippen LogP contribution in [0, 0.1) is 11.3 Å². The molecule has 0 fully saturated rings. The second kappa shape index (κ2) is 10.4. The van der Waals surface area contributed by atoms with Crippen molar-refractivity contribution >= 4 is 40.6 Å². The molecule has 2 atom stereocenters. The lowest BCUT2D eigenvalue weighted by Crippen LogP contribution is -2.45. The van der Waals surface area contributed by atoms with E-state index in [2.05, 4.69) is 5.32 Å². The number of phenolic OH excluding ortho intramolecular Hbond substituents is 1. The number of nitriles is 1. The molecule has 0 bridgehead atoms. The molecule has 0 saturated heterocycles. The van der Waals surface area contributed by atoms with E-state index in [1.54, 1.807) is 6.07 Å². The van der Waals surface area contributed by atoms with Gasteiger partial charge in [0.25, 0.3) is 0 Å². The molecule has 30 heavy (non-hydrogen) atoms. The van der Waals surface area contributed by atoms with Crippen LogP contribution in [0.25, 0.3) is 0 Å². The van der Waals surface area contributed by atoms with Gasteiger partial charge in [0.05, 0.1) is 22.2 Å². The highest BCUT2D eigenvalue weighted by Crippen LogP contribution is 2.35. The molecular weight excluding hydrogens is 464 g/mol. The molecule has 0 heterocycles. The van der Waals surface area contributed by atoms with E-state index in [0.717, 1.165) is 0 Å². The van der Waals surface area contributed by atoms with Crippen molar-refractivity contribution in [2.45, 2.75) is 37.5 Å². The SMILES string of the molecule is N#CCCC(=O)[C@H](Cc1cc(Cl)c(O)c(Cl)c1)N[C@@H](c1ccc(Cl)cc1)C(F)(F)F. The first-order valence-corrected chi connectivity index (χ1v) is 9.81. The van der Waals surface area contributed by atoms with Crippen LogP contribution in [0.3, 0.4) is 0 Å². The highest BCUT2D eigenvalue weighted by Gasteiger charge is 2.42. The minimum Gasteiger partial charge on any atom is -0.505 e. The van der Waals surface area contributed by atoms with Gasteiger partial charge in [-0.25, -0.2) is 0 Å². The first-order valence-electron chi connectivity index (χ1n) is 8.67. The summed E-state index contributed by atoms with van der Waals surface area (Å²) in [6.45, 7) is 0. The number of phenols is 1. The Morgan fingerprint density at radius 1 is 1.13 bits per heavy atom. The predicted molar refractivity (Wildman–Crippen MR) is 109 cm³/mol. The molecule has 0 aromatic heterocycles. The number of aromatic hydroxyl groups is 1. The van der Waals surface area contributed by atoms with Crippen molar-refractivity contribution in [3.8, 4) is 11.8 Å². The van der Waals surface area contributed by atoms with Gasteiger partial charge in [0, 0.05) is 17.9 Å². The van der Waals surface area contributed by atoms with E-state index < -0.39 is 24.0 Å². The number of hydrogen-bond donors (Lipinski definition) is 2. The first kappa shape index (κ1) is 24.3. The number of nitrogens with one attached hydrogen (secondary N) is 1. The third-order valence-corrected chi connectivity index (χ3v) is 5.12. The van der Waals surface area contributed by atoms with E-state index in [-0.39, 0.29) is 45.6 Å². The Morgan fingerprint density at radius 3 is 2.20 bits per heavy atom. The molecule has 2 rings (SSSR count). The molecule has 10 heteroatoms.